The van der Waals surface area contributed by atoms with Gasteiger partial charge in [-0.1, -0.05) is 6.07 Å². The molecule has 5 nitrogen and oxygen atoms in total. The molecule has 26 heavy (non-hydrogen) atoms. The topological polar surface area (TPSA) is 39.8 Å². The van der Waals surface area contributed by atoms with Crippen molar-refractivity contribution in [2.24, 2.45) is 5.41 Å². The van der Waals surface area contributed by atoms with Crippen LogP contribution >= 0.6 is 0 Å². The van der Waals surface area contributed by atoms with Crippen LogP contribution in [-0.2, 0) is 0 Å². The number of ether oxygens (including phenoxy) is 1. The summed E-state index contributed by atoms with van der Waals surface area (Å²) in [5.74, 6) is 1.000. The molecule has 0 atom stereocenters. The van der Waals surface area contributed by atoms with Crippen LogP contribution in [0.2, 0.25) is 0 Å². The normalized spacial score (nSPS) is 23.9. The van der Waals surface area contributed by atoms with E-state index in [1.807, 2.05) is 0 Å². The van der Waals surface area contributed by atoms with Crippen LogP contribution in [-0.4, -0.2) is 64.0 Å². The van der Waals surface area contributed by atoms with Gasteiger partial charge in [0.2, 0.25) is 0 Å². The van der Waals surface area contributed by atoms with E-state index in [1.54, 1.807) is 0 Å². The Bertz CT molecular complexity index is 557. The first-order valence-electron chi connectivity index (χ1n) is 10.4. The Labute approximate surface area is 158 Å². The van der Waals surface area contributed by atoms with Crippen molar-refractivity contribution in [3.63, 3.8) is 0 Å². The summed E-state index contributed by atoms with van der Waals surface area (Å²) in [6.07, 6.45) is 6.68. The summed E-state index contributed by atoms with van der Waals surface area (Å²) in [6.45, 7) is 9.93. The number of hydrogen-bond donors (Lipinski definition) is 2. The number of likely N-dealkylation sites (tertiary alicyclic amines) is 1. The molecule has 0 bridgehead atoms. The van der Waals surface area contributed by atoms with Crippen LogP contribution < -0.4 is 20.3 Å². The second kappa shape index (κ2) is 8.59. The molecular formula is C21H34N4O. The number of anilines is 1. The van der Waals surface area contributed by atoms with Gasteiger partial charge in [-0.15, -0.1) is 0 Å². The van der Waals surface area contributed by atoms with E-state index in [1.165, 1.54) is 64.0 Å². The van der Waals surface area contributed by atoms with Crippen LogP contribution in [0.4, 0.5) is 5.69 Å². The highest BCUT2D eigenvalue weighted by molar-refractivity contribution is 5.50. The predicted octanol–water partition coefficient (Wildman–Crippen LogP) is 2.29. The Kier molecular flexibility index (Phi) is 5.98. The number of benzene rings is 1. The second-order valence-electron chi connectivity index (χ2n) is 8.21. The average Bonchev–Trinajstić information content (AvgIpc) is 2.71. The molecule has 3 aliphatic heterocycles. The van der Waals surface area contributed by atoms with E-state index in [-0.39, 0.29) is 0 Å². The van der Waals surface area contributed by atoms with Crippen molar-refractivity contribution in [1.29, 1.82) is 0 Å². The zero-order chi connectivity index (χ0) is 17.7. The molecule has 3 fully saturated rings. The number of nitrogens with zero attached hydrogens (tertiary/aromatic N) is 2. The lowest BCUT2D eigenvalue weighted by Gasteiger charge is -2.44. The molecule has 0 saturated carbocycles. The van der Waals surface area contributed by atoms with Crippen molar-refractivity contribution in [2.75, 3.05) is 64.0 Å². The second-order valence-corrected chi connectivity index (χ2v) is 8.21. The van der Waals surface area contributed by atoms with Gasteiger partial charge in [-0.05, 0) is 82.4 Å². The van der Waals surface area contributed by atoms with Crippen molar-refractivity contribution in [3.05, 3.63) is 24.3 Å². The lowest BCUT2D eigenvalue weighted by atomic mass is 9.71. The zero-order valence-corrected chi connectivity index (χ0v) is 16.0. The van der Waals surface area contributed by atoms with Gasteiger partial charge in [-0.3, -0.25) is 10.2 Å². The van der Waals surface area contributed by atoms with E-state index in [9.17, 15) is 0 Å². The molecule has 3 saturated heterocycles. The predicted molar refractivity (Wildman–Crippen MR) is 107 cm³/mol. The van der Waals surface area contributed by atoms with E-state index in [4.69, 9.17) is 4.74 Å². The van der Waals surface area contributed by atoms with Gasteiger partial charge in [-0.2, -0.15) is 0 Å². The van der Waals surface area contributed by atoms with Gasteiger partial charge < -0.3 is 15.0 Å². The molecule has 1 aromatic carbocycles. The van der Waals surface area contributed by atoms with Gasteiger partial charge in [0.25, 0.3) is 0 Å². The Hall–Kier alpha value is -1.30. The molecule has 0 aromatic heterocycles. The summed E-state index contributed by atoms with van der Waals surface area (Å²) in [5.41, 5.74) is 1.90. The largest absolute Gasteiger partial charge is 0.492 e. The minimum Gasteiger partial charge on any atom is -0.492 e. The molecule has 4 rings (SSSR count). The number of piperidine rings is 2. The lowest BCUT2D eigenvalue weighted by Crippen LogP contribution is -2.46. The molecule has 144 valence electrons. The van der Waals surface area contributed by atoms with Crippen LogP contribution in [0.1, 0.15) is 32.1 Å². The molecule has 0 amide bonds. The fourth-order valence-electron chi connectivity index (χ4n) is 4.68. The monoisotopic (exact) mass is 358 g/mol. The summed E-state index contributed by atoms with van der Waals surface area (Å²) in [5, 5.41) is 6.95. The minimum absolute atomic E-state index is 0.638. The SMILES string of the molecule is c1cc(OCCN2CCC3(CCNCC3)CC2)cc(N2CCCNC2)c1. The number of rotatable bonds is 5. The maximum Gasteiger partial charge on any atom is 0.121 e. The molecule has 2 N–H and O–H groups in total. The molecule has 1 spiro atoms. The summed E-state index contributed by atoms with van der Waals surface area (Å²) in [6, 6.07) is 8.57. The van der Waals surface area contributed by atoms with Crippen LogP contribution in [0.5, 0.6) is 5.75 Å². The van der Waals surface area contributed by atoms with Gasteiger partial charge in [0.05, 0.1) is 6.67 Å². The molecule has 0 unspecified atom stereocenters. The Morgan fingerprint density at radius 1 is 0.962 bits per heavy atom. The molecule has 3 aliphatic rings. The first kappa shape index (κ1) is 18.1. The van der Waals surface area contributed by atoms with Crippen molar-refractivity contribution >= 4 is 5.69 Å². The van der Waals surface area contributed by atoms with E-state index in [0.717, 1.165) is 38.7 Å². The summed E-state index contributed by atoms with van der Waals surface area (Å²) in [7, 11) is 0. The molecule has 1 aromatic rings. The maximum absolute atomic E-state index is 6.08. The van der Waals surface area contributed by atoms with Gasteiger partial charge in [0.1, 0.15) is 12.4 Å². The third-order valence-electron chi connectivity index (χ3n) is 6.52. The standard InChI is InChI=1S/C21H34N4O/c1-3-19(25-12-2-9-23-18-25)17-20(4-1)26-16-15-24-13-7-21(8-14-24)5-10-22-11-6-21/h1,3-4,17,22-23H,2,5-16,18H2. The molecular weight excluding hydrogens is 324 g/mol. The van der Waals surface area contributed by atoms with Crippen molar-refractivity contribution in [2.45, 2.75) is 32.1 Å². The molecule has 5 heteroatoms. The number of hydrogen-bond acceptors (Lipinski definition) is 5. The molecule has 0 aliphatic carbocycles. The summed E-state index contributed by atoms with van der Waals surface area (Å²) < 4.78 is 6.08. The Morgan fingerprint density at radius 2 is 1.81 bits per heavy atom. The highest BCUT2D eigenvalue weighted by atomic mass is 16.5. The van der Waals surface area contributed by atoms with E-state index < -0.39 is 0 Å². The van der Waals surface area contributed by atoms with Gasteiger partial charge in [0, 0.05) is 24.8 Å². The highest BCUT2D eigenvalue weighted by Gasteiger charge is 2.35. The third kappa shape index (κ3) is 4.51. The Balaban J connectivity index is 1.21. The van der Waals surface area contributed by atoms with Crippen molar-refractivity contribution in [1.82, 2.24) is 15.5 Å². The van der Waals surface area contributed by atoms with Gasteiger partial charge in [-0.25, -0.2) is 0 Å². The number of nitrogens with one attached hydrogen (secondary N) is 2. The van der Waals surface area contributed by atoms with E-state index in [2.05, 4.69) is 44.7 Å². The third-order valence-corrected chi connectivity index (χ3v) is 6.52. The fourth-order valence-corrected chi connectivity index (χ4v) is 4.68. The van der Waals surface area contributed by atoms with Crippen LogP contribution in [0, 0.1) is 5.41 Å². The van der Waals surface area contributed by atoms with Crippen LogP contribution in [0.3, 0.4) is 0 Å². The summed E-state index contributed by atoms with van der Waals surface area (Å²) >= 11 is 0. The maximum atomic E-state index is 6.08. The quantitative estimate of drug-likeness (QED) is 0.845. The lowest BCUT2D eigenvalue weighted by molar-refractivity contribution is 0.0664. The van der Waals surface area contributed by atoms with Crippen LogP contribution in [0.15, 0.2) is 24.3 Å². The zero-order valence-electron chi connectivity index (χ0n) is 16.0. The molecule has 0 radical (unpaired) electrons. The van der Waals surface area contributed by atoms with Crippen molar-refractivity contribution < 1.29 is 4.74 Å². The average molecular weight is 359 g/mol. The van der Waals surface area contributed by atoms with Gasteiger partial charge >= 0.3 is 0 Å². The Morgan fingerprint density at radius 3 is 2.58 bits per heavy atom. The van der Waals surface area contributed by atoms with E-state index in [0.29, 0.717) is 5.41 Å². The first-order valence-corrected chi connectivity index (χ1v) is 10.4. The van der Waals surface area contributed by atoms with Crippen LogP contribution in [0.25, 0.3) is 0 Å². The summed E-state index contributed by atoms with van der Waals surface area (Å²) in [4.78, 5) is 4.98. The van der Waals surface area contributed by atoms with Gasteiger partial charge in [0.15, 0.2) is 0 Å². The van der Waals surface area contributed by atoms with Crippen molar-refractivity contribution in [3.8, 4) is 5.75 Å². The fraction of sp³-hybridized carbons (Fsp3) is 0.714. The highest BCUT2D eigenvalue weighted by Crippen LogP contribution is 2.39. The minimum atomic E-state index is 0.638. The first-order chi connectivity index (χ1) is 12.8. The smallest absolute Gasteiger partial charge is 0.121 e. The van der Waals surface area contributed by atoms with E-state index >= 15 is 0 Å². The molecule has 3 heterocycles.